The van der Waals surface area contributed by atoms with Crippen molar-refractivity contribution in [3.8, 4) is 11.5 Å². The summed E-state index contributed by atoms with van der Waals surface area (Å²) in [6.07, 6.45) is 1.86. The Labute approximate surface area is 97.4 Å². The van der Waals surface area contributed by atoms with Crippen LogP contribution in [0.25, 0.3) is 0 Å². The van der Waals surface area contributed by atoms with E-state index in [1.807, 2.05) is 13.0 Å². The van der Waals surface area contributed by atoms with E-state index in [0.29, 0.717) is 5.75 Å². The SMILES string of the molecule is COc1c(Br)cc(C2(N)CC2)c(O)c1C. The van der Waals surface area contributed by atoms with Crippen LogP contribution in [-0.2, 0) is 5.54 Å². The molecule has 1 fully saturated rings. The Morgan fingerprint density at radius 2 is 2.13 bits per heavy atom. The van der Waals surface area contributed by atoms with Gasteiger partial charge >= 0.3 is 0 Å². The average molecular weight is 272 g/mol. The van der Waals surface area contributed by atoms with E-state index in [4.69, 9.17) is 10.5 Å². The number of benzene rings is 1. The molecule has 3 nitrogen and oxygen atoms in total. The zero-order valence-electron chi connectivity index (χ0n) is 8.80. The molecule has 15 heavy (non-hydrogen) atoms. The van der Waals surface area contributed by atoms with Crippen LogP contribution in [0.1, 0.15) is 24.0 Å². The predicted octanol–water partition coefficient (Wildman–Crippen LogP) is 2.42. The van der Waals surface area contributed by atoms with Gasteiger partial charge in [-0.25, -0.2) is 0 Å². The van der Waals surface area contributed by atoms with Gasteiger partial charge in [-0.3, -0.25) is 0 Å². The van der Waals surface area contributed by atoms with Gasteiger partial charge in [-0.05, 0) is 41.8 Å². The Morgan fingerprint density at radius 1 is 1.53 bits per heavy atom. The van der Waals surface area contributed by atoms with Crippen molar-refractivity contribution < 1.29 is 9.84 Å². The van der Waals surface area contributed by atoms with Crippen molar-refractivity contribution in [2.45, 2.75) is 25.3 Å². The standard InChI is InChI=1S/C11H14BrNO2/c1-6-9(14)7(11(13)3-4-11)5-8(12)10(6)15-2/h5,14H,3-4,13H2,1-2H3. The third-order valence-electron chi connectivity index (χ3n) is 2.97. The molecular weight excluding hydrogens is 258 g/mol. The first kappa shape index (κ1) is 10.8. The summed E-state index contributed by atoms with van der Waals surface area (Å²) in [5, 5.41) is 10.0. The maximum absolute atomic E-state index is 10.0. The van der Waals surface area contributed by atoms with Gasteiger partial charge in [0.25, 0.3) is 0 Å². The second-order valence-corrected chi connectivity index (χ2v) is 4.92. The second kappa shape index (κ2) is 3.39. The normalized spacial score (nSPS) is 17.6. The highest BCUT2D eigenvalue weighted by Crippen LogP contribution is 2.50. The van der Waals surface area contributed by atoms with Gasteiger partial charge < -0.3 is 15.6 Å². The number of nitrogens with two attached hydrogens (primary N) is 1. The monoisotopic (exact) mass is 271 g/mol. The van der Waals surface area contributed by atoms with Crippen LogP contribution in [-0.4, -0.2) is 12.2 Å². The molecule has 0 aromatic heterocycles. The Bertz CT molecular complexity index is 414. The molecule has 0 aliphatic heterocycles. The van der Waals surface area contributed by atoms with E-state index in [2.05, 4.69) is 15.9 Å². The molecule has 82 valence electrons. The van der Waals surface area contributed by atoms with Gasteiger partial charge in [0, 0.05) is 16.7 Å². The minimum atomic E-state index is -0.330. The lowest BCUT2D eigenvalue weighted by Gasteiger charge is -2.17. The molecule has 1 aromatic carbocycles. The first-order valence-electron chi connectivity index (χ1n) is 4.85. The van der Waals surface area contributed by atoms with Crippen LogP contribution in [0.15, 0.2) is 10.5 Å². The van der Waals surface area contributed by atoms with E-state index in [1.54, 1.807) is 7.11 Å². The lowest BCUT2D eigenvalue weighted by molar-refractivity contribution is 0.397. The van der Waals surface area contributed by atoms with Gasteiger partial charge in [-0.1, -0.05) is 0 Å². The Balaban J connectivity index is 2.59. The molecular formula is C11H14BrNO2. The molecule has 0 amide bonds. The molecule has 0 spiro atoms. The number of ether oxygens (including phenoxy) is 1. The number of hydrogen-bond donors (Lipinski definition) is 2. The lowest BCUT2D eigenvalue weighted by atomic mass is 10.0. The van der Waals surface area contributed by atoms with Crippen molar-refractivity contribution in [3.63, 3.8) is 0 Å². The number of methoxy groups -OCH3 is 1. The first-order valence-corrected chi connectivity index (χ1v) is 5.64. The van der Waals surface area contributed by atoms with Crippen LogP contribution >= 0.6 is 15.9 Å². The van der Waals surface area contributed by atoms with E-state index in [9.17, 15) is 5.11 Å². The van der Waals surface area contributed by atoms with E-state index < -0.39 is 0 Å². The Kier molecular flexibility index (Phi) is 2.43. The number of hydrogen-bond acceptors (Lipinski definition) is 3. The summed E-state index contributed by atoms with van der Waals surface area (Å²) < 4.78 is 6.04. The van der Waals surface area contributed by atoms with Crippen LogP contribution in [0.2, 0.25) is 0 Å². The molecule has 1 aliphatic carbocycles. The molecule has 0 bridgehead atoms. The summed E-state index contributed by atoms with van der Waals surface area (Å²) in [4.78, 5) is 0. The Morgan fingerprint density at radius 3 is 2.60 bits per heavy atom. The van der Waals surface area contributed by atoms with Crippen LogP contribution < -0.4 is 10.5 Å². The smallest absolute Gasteiger partial charge is 0.139 e. The van der Waals surface area contributed by atoms with Gasteiger partial charge in [0.1, 0.15) is 11.5 Å². The third kappa shape index (κ3) is 1.62. The number of phenolic OH excluding ortho intramolecular Hbond substituents is 1. The second-order valence-electron chi connectivity index (χ2n) is 4.07. The topological polar surface area (TPSA) is 55.5 Å². The van der Waals surface area contributed by atoms with Gasteiger partial charge in [-0.15, -0.1) is 0 Å². The van der Waals surface area contributed by atoms with Gasteiger partial charge in [0.05, 0.1) is 11.6 Å². The summed E-state index contributed by atoms with van der Waals surface area (Å²) >= 11 is 3.42. The maximum atomic E-state index is 10.0. The molecule has 1 saturated carbocycles. The first-order chi connectivity index (χ1) is 6.99. The molecule has 0 heterocycles. The van der Waals surface area contributed by atoms with Crippen molar-refractivity contribution in [2.75, 3.05) is 7.11 Å². The fraction of sp³-hybridized carbons (Fsp3) is 0.455. The van der Waals surface area contributed by atoms with Crippen molar-refractivity contribution in [2.24, 2.45) is 5.73 Å². The van der Waals surface area contributed by atoms with E-state index in [-0.39, 0.29) is 11.3 Å². The minimum absolute atomic E-state index is 0.259. The fourth-order valence-corrected chi connectivity index (χ4v) is 2.47. The van der Waals surface area contributed by atoms with E-state index >= 15 is 0 Å². The lowest BCUT2D eigenvalue weighted by Crippen LogP contribution is -2.19. The molecule has 2 rings (SSSR count). The number of halogens is 1. The van der Waals surface area contributed by atoms with Crippen molar-refractivity contribution in [1.29, 1.82) is 0 Å². The van der Waals surface area contributed by atoms with Crippen molar-refractivity contribution in [1.82, 2.24) is 0 Å². The summed E-state index contributed by atoms with van der Waals surface area (Å²) in [5.74, 6) is 0.926. The van der Waals surface area contributed by atoms with Crippen LogP contribution in [0, 0.1) is 6.92 Å². The molecule has 4 heteroatoms. The molecule has 3 N–H and O–H groups in total. The summed E-state index contributed by atoms with van der Waals surface area (Å²) in [6, 6.07) is 1.86. The highest BCUT2D eigenvalue weighted by molar-refractivity contribution is 9.10. The number of rotatable bonds is 2. The molecule has 0 saturated heterocycles. The fourth-order valence-electron chi connectivity index (χ4n) is 1.78. The minimum Gasteiger partial charge on any atom is -0.507 e. The van der Waals surface area contributed by atoms with E-state index in [0.717, 1.165) is 28.4 Å². The predicted molar refractivity (Wildman–Crippen MR) is 62.2 cm³/mol. The van der Waals surface area contributed by atoms with Crippen LogP contribution in [0.3, 0.4) is 0 Å². The molecule has 0 atom stereocenters. The van der Waals surface area contributed by atoms with Crippen LogP contribution in [0.5, 0.6) is 11.5 Å². The van der Waals surface area contributed by atoms with E-state index in [1.165, 1.54) is 0 Å². The Hall–Kier alpha value is -0.740. The third-order valence-corrected chi connectivity index (χ3v) is 3.56. The molecule has 1 aromatic rings. The average Bonchev–Trinajstić information content (AvgIpc) is 2.92. The molecule has 0 unspecified atom stereocenters. The quantitative estimate of drug-likeness (QED) is 0.869. The van der Waals surface area contributed by atoms with Crippen molar-refractivity contribution >= 4 is 15.9 Å². The summed E-state index contributed by atoms with van der Waals surface area (Å²) in [5.41, 5.74) is 7.29. The van der Waals surface area contributed by atoms with Crippen LogP contribution in [0.4, 0.5) is 0 Å². The van der Waals surface area contributed by atoms with Crippen molar-refractivity contribution in [3.05, 3.63) is 21.7 Å². The van der Waals surface area contributed by atoms with Gasteiger partial charge in [0.2, 0.25) is 0 Å². The summed E-state index contributed by atoms with van der Waals surface area (Å²) in [6.45, 7) is 1.83. The van der Waals surface area contributed by atoms with Gasteiger partial charge in [0.15, 0.2) is 0 Å². The number of phenols is 1. The number of aromatic hydroxyl groups is 1. The highest BCUT2D eigenvalue weighted by Gasteiger charge is 2.42. The zero-order valence-corrected chi connectivity index (χ0v) is 10.4. The molecule has 0 radical (unpaired) electrons. The molecule has 1 aliphatic rings. The zero-order chi connectivity index (χ0) is 11.2. The summed E-state index contributed by atoms with van der Waals surface area (Å²) in [7, 11) is 1.58. The maximum Gasteiger partial charge on any atom is 0.139 e. The highest BCUT2D eigenvalue weighted by atomic mass is 79.9. The van der Waals surface area contributed by atoms with Gasteiger partial charge in [-0.2, -0.15) is 0 Å². The largest absolute Gasteiger partial charge is 0.507 e.